The van der Waals surface area contributed by atoms with Gasteiger partial charge in [-0.2, -0.15) is 0 Å². The summed E-state index contributed by atoms with van der Waals surface area (Å²) in [6.45, 7) is 0. The van der Waals surface area contributed by atoms with Gasteiger partial charge in [0.15, 0.2) is 0 Å². The highest BCUT2D eigenvalue weighted by Crippen LogP contribution is 2.40. The molecule has 1 aromatic carbocycles. The van der Waals surface area contributed by atoms with Crippen LogP contribution in [0.5, 0.6) is 0 Å². The summed E-state index contributed by atoms with van der Waals surface area (Å²) in [5.74, 6) is -0.302. The second kappa shape index (κ2) is 5.06. The molecule has 0 aliphatic heterocycles. The number of alkyl halides is 2. The molecule has 90 valence electrons. The van der Waals surface area contributed by atoms with Gasteiger partial charge in [-0.05, 0) is 24.8 Å². The first-order valence-electron chi connectivity index (χ1n) is 4.92. The fraction of sp³-hybridized carbons (Fsp3) is 0.455. The van der Waals surface area contributed by atoms with Crippen molar-refractivity contribution < 1.29 is 13.2 Å². The van der Waals surface area contributed by atoms with Gasteiger partial charge < -0.3 is 5.73 Å². The lowest BCUT2D eigenvalue weighted by molar-refractivity contribution is 0.151. The molecule has 0 radical (unpaired) electrons. The SMILES string of the molecule is Cl.N[C@@H](c1ccc(C(F)F)cc1F)C1CC1. The van der Waals surface area contributed by atoms with E-state index in [0.717, 1.165) is 18.9 Å². The molecule has 1 aliphatic carbocycles. The summed E-state index contributed by atoms with van der Waals surface area (Å²) in [5.41, 5.74) is 5.86. The minimum atomic E-state index is -2.63. The molecular weight excluding hydrogens is 239 g/mol. The molecule has 0 aromatic heterocycles. The molecule has 0 amide bonds. The van der Waals surface area contributed by atoms with Gasteiger partial charge in [-0.1, -0.05) is 12.1 Å². The minimum Gasteiger partial charge on any atom is -0.324 e. The van der Waals surface area contributed by atoms with E-state index in [1.807, 2.05) is 0 Å². The van der Waals surface area contributed by atoms with Crippen molar-refractivity contribution in [3.05, 3.63) is 35.1 Å². The quantitative estimate of drug-likeness (QED) is 0.873. The second-order valence-electron chi connectivity index (χ2n) is 3.94. The van der Waals surface area contributed by atoms with E-state index >= 15 is 0 Å². The number of hydrogen-bond acceptors (Lipinski definition) is 1. The molecular formula is C11H13ClF3N. The zero-order chi connectivity index (χ0) is 11.0. The number of halogens is 4. The van der Waals surface area contributed by atoms with Crippen molar-refractivity contribution in [1.29, 1.82) is 0 Å². The van der Waals surface area contributed by atoms with E-state index in [1.54, 1.807) is 0 Å². The molecule has 2 rings (SSSR count). The largest absolute Gasteiger partial charge is 0.324 e. The van der Waals surface area contributed by atoms with E-state index in [4.69, 9.17) is 5.73 Å². The lowest BCUT2D eigenvalue weighted by Gasteiger charge is -2.12. The first-order chi connectivity index (χ1) is 7.09. The van der Waals surface area contributed by atoms with Crippen LogP contribution in [0, 0.1) is 11.7 Å². The van der Waals surface area contributed by atoms with Gasteiger partial charge in [0, 0.05) is 17.2 Å². The summed E-state index contributed by atoms with van der Waals surface area (Å²) in [6.07, 6.45) is -0.639. The summed E-state index contributed by atoms with van der Waals surface area (Å²) < 4.78 is 37.9. The summed E-state index contributed by atoms with van der Waals surface area (Å²) in [5, 5.41) is 0. The van der Waals surface area contributed by atoms with E-state index in [0.29, 0.717) is 11.5 Å². The highest BCUT2D eigenvalue weighted by atomic mass is 35.5. The summed E-state index contributed by atoms with van der Waals surface area (Å²) in [6, 6.07) is 3.14. The van der Waals surface area contributed by atoms with Crippen LogP contribution in [0.4, 0.5) is 13.2 Å². The standard InChI is InChI=1S/C11H12F3N.ClH/c12-9-5-7(11(13)14)3-4-8(9)10(15)6-1-2-6;/h3-6,10-11H,1-2,15H2;1H/t10-;/m1./s1. The highest BCUT2D eigenvalue weighted by molar-refractivity contribution is 5.85. The van der Waals surface area contributed by atoms with Gasteiger partial charge in [0.05, 0.1) is 0 Å². The van der Waals surface area contributed by atoms with E-state index in [-0.39, 0.29) is 24.0 Å². The normalized spacial score (nSPS) is 17.1. The Kier molecular flexibility index (Phi) is 4.21. The molecule has 0 bridgehead atoms. The monoisotopic (exact) mass is 251 g/mol. The molecule has 16 heavy (non-hydrogen) atoms. The number of rotatable bonds is 3. The fourth-order valence-electron chi connectivity index (χ4n) is 1.66. The number of nitrogens with two attached hydrogens (primary N) is 1. The molecule has 0 saturated heterocycles. The molecule has 2 N–H and O–H groups in total. The molecule has 1 atom stereocenters. The van der Waals surface area contributed by atoms with Crippen LogP contribution in [0.2, 0.25) is 0 Å². The van der Waals surface area contributed by atoms with Crippen LogP contribution < -0.4 is 5.73 Å². The predicted octanol–water partition coefficient (Wildman–Crippen LogP) is 3.59. The minimum absolute atomic E-state index is 0. The molecule has 1 aromatic rings. The second-order valence-corrected chi connectivity index (χ2v) is 3.94. The zero-order valence-corrected chi connectivity index (χ0v) is 9.31. The summed E-state index contributed by atoms with van der Waals surface area (Å²) >= 11 is 0. The predicted molar refractivity (Wildman–Crippen MR) is 58.3 cm³/mol. The first kappa shape index (κ1) is 13.3. The number of benzene rings is 1. The molecule has 1 aliphatic rings. The number of hydrogen-bond donors (Lipinski definition) is 1. The van der Waals surface area contributed by atoms with Crippen molar-refractivity contribution >= 4 is 12.4 Å². The lowest BCUT2D eigenvalue weighted by Crippen LogP contribution is -2.14. The van der Waals surface area contributed by atoms with E-state index in [9.17, 15) is 13.2 Å². The van der Waals surface area contributed by atoms with Crippen molar-refractivity contribution in [3.63, 3.8) is 0 Å². The van der Waals surface area contributed by atoms with Gasteiger partial charge in [-0.15, -0.1) is 12.4 Å². The molecule has 0 heterocycles. The third-order valence-electron chi connectivity index (χ3n) is 2.77. The Morgan fingerprint density at radius 2 is 1.88 bits per heavy atom. The zero-order valence-electron chi connectivity index (χ0n) is 8.50. The Bertz CT molecular complexity index is 366. The average Bonchev–Trinajstić information content (AvgIpc) is 2.99. The summed E-state index contributed by atoms with van der Waals surface area (Å²) in [4.78, 5) is 0. The Balaban J connectivity index is 0.00000128. The maximum absolute atomic E-state index is 13.4. The molecule has 0 spiro atoms. The van der Waals surface area contributed by atoms with Crippen LogP contribution in [0.1, 0.15) is 36.4 Å². The van der Waals surface area contributed by atoms with Crippen molar-refractivity contribution in [2.45, 2.75) is 25.3 Å². The van der Waals surface area contributed by atoms with Crippen LogP contribution in [-0.4, -0.2) is 0 Å². The van der Waals surface area contributed by atoms with Crippen LogP contribution in [0.25, 0.3) is 0 Å². The Morgan fingerprint density at radius 1 is 1.25 bits per heavy atom. The third kappa shape index (κ3) is 2.68. The molecule has 1 nitrogen and oxygen atoms in total. The van der Waals surface area contributed by atoms with Crippen LogP contribution in [0.3, 0.4) is 0 Å². The van der Waals surface area contributed by atoms with Crippen LogP contribution in [-0.2, 0) is 0 Å². The van der Waals surface area contributed by atoms with Crippen molar-refractivity contribution in [3.8, 4) is 0 Å². The van der Waals surface area contributed by atoms with Crippen molar-refractivity contribution in [2.24, 2.45) is 11.7 Å². The molecule has 5 heteroatoms. The highest BCUT2D eigenvalue weighted by Gasteiger charge is 2.31. The molecule has 1 fully saturated rings. The lowest BCUT2D eigenvalue weighted by atomic mass is 10.0. The van der Waals surface area contributed by atoms with Gasteiger partial charge in [-0.3, -0.25) is 0 Å². The van der Waals surface area contributed by atoms with E-state index < -0.39 is 12.2 Å². The third-order valence-corrected chi connectivity index (χ3v) is 2.77. The summed E-state index contributed by atoms with van der Waals surface area (Å²) in [7, 11) is 0. The first-order valence-corrected chi connectivity index (χ1v) is 4.92. The Hall–Kier alpha value is -0.740. The topological polar surface area (TPSA) is 26.0 Å². The van der Waals surface area contributed by atoms with Crippen LogP contribution in [0.15, 0.2) is 18.2 Å². The fourth-order valence-corrected chi connectivity index (χ4v) is 1.66. The van der Waals surface area contributed by atoms with Gasteiger partial charge in [0.2, 0.25) is 0 Å². The average molecular weight is 252 g/mol. The van der Waals surface area contributed by atoms with Gasteiger partial charge in [0.1, 0.15) is 5.82 Å². The molecule has 0 unspecified atom stereocenters. The van der Waals surface area contributed by atoms with Crippen LogP contribution >= 0.6 is 12.4 Å². The Labute approximate surface area is 98.2 Å². The van der Waals surface area contributed by atoms with E-state index in [1.165, 1.54) is 12.1 Å². The Morgan fingerprint density at radius 3 is 2.31 bits per heavy atom. The molecule has 1 saturated carbocycles. The van der Waals surface area contributed by atoms with Crippen molar-refractivity contribution in [1.82, 2.24) is 0 Å². The van der Waals surface area contributed by atoms with Gasteiger partial charge >= 0.3 is 0 Å². The smallest absolute Gasteiger partial charge is 0.263 e. The van der Waals surface area contributed by atoms with E-state index in [2.05, 4.69) is 0 Å². The van der Waals surface area contributed by atoms with Gasteiger partial charge in [0.25, 0.3) is 6.43 Å². The van der Waals surface area contributed by atoms with Crippen molar-refractivity contribution in [2.75, 3.05) is 0 Å². The maximum atomic E-state index is 13.4. The maximum Gasteiger partial charge on any atom is 0.263 e. The van der Waals surface area contributed by atoms with Gasteiger partial charge in [-0.25, -0.2) is 13.2 Å².